The summed E-state index contributed by atoms with van der Waals surface area (Å²) < 4.78 is 38.7. The second kappa shape index (κ2) is 5.32. The molecule has 0 saturated carbocycles. The van der Waals surface area contributed by atoms with Crippen LogP contribution in [0.2, 0.25) is 0 Å². The summed E-state index contributed by atoms with van der Waals surface area (Å²) in [5, 5.41) is 10.5. The zero-order chi connectivity index (χ0) is 15.9. The zero-order valence-electron chi connectivity index (χ0n) is 11.4. The van der Waals surface area contributed by atoms with Crippen LogP contribution in [0.5, 0.6) is 0 Å². The molecule has 1 N–H and O–H groups in total. The summed E-state index contributed by atoms with van der Waals surface area (Å²) in [6.45, 7) is 2.53. The molecule has 4 nitrogen and oxygen atoms in total. The number of carbonyl (C=O) groups excluding carboxylic acids is 1. The van der Waals surface area contributed by atoms with E-state index < -0.39 is 43.0 Å². The number of carboxylic acids is 1. The van der Waals surface area contributed by atoms with E-state index >= 15 is 0 Å². The SMILES string of the molecule is Cc1scc(C(=O)N2C[C@@H](C(F)(F)F)[C@H](C(=O)O)C2)c1C. The van der Waals surface area contributed by atoms with Gasteiger partial charge in [0.25, 0.3) is 5.91 Å². The highest BCUT2D eigenvalue weighted by Crippen LogP contribution is 2.38. The number of carbonyl (C=O) groups is 2. The topological polar surface area (TPSA) is 57.6 Å². The van der Waals surface area contributed by atoms with Gasteiger partial charge in [-0.05, 0) is 19.4 Å². The number of thiophene rings is 1. The van der Waals surface area contributed by atoms with Gasteiger partial charge in [0.2, 0.25) is 0 Å². The molecule has 1 aromatic rings. The van der Waals surface area contributed by atoms with E-state index in [1.54, 1.807) is 12.3 Å². The number of halogens is 3. The molecule has 0 aliphatic carbocycles. The van der Waals surface area contributed by atoms with Gasteiger partial charge in [-0.15, -0.1) is 11.3 Å². The molecule has 1 saturated heterocycles. The largest absolute Gasteiger partial charge is 0.481 e. The molecule has 1 aromatic heterocycles. The predicted molar refractivity (Wildman–Crippen MR) is 70.4 cm³/mol. The molecule has 8 heteroatoms. The molecule has 2 rings (SSSR count). The van der Waals surface area contributed by atoms with Crippen LogP contribution >= 0.6 is 11.3 Å². The van der Waals surface area contributed by atoms with E-state index in [1.807, 2.05) is 6.92 Å². The second-order valence-electron chi connectivity index (χ2n) is 5.13. The van der Waals surface area contributed by atoms with Crippen molar-refractivity contribution in [1.82, 2.24) is 4.90 Å². The summed E-state index contributed by atoms with van der Waals surface area (Å²) in [4.78, 5) is 25.2. The van der Waals surface area contributed by atoms with Crippen molar-refractivity contribution in [2.75, 3.05) is 13.1 Å². The lowest BCUT2D eigenvalue weighted by Gasteiger charge is -2.18. The highest BCUT2D eigenvalue weighted by Gasteiger charge is 2.53. The molecule has 2 atom stereocenters. The number of amides is 1. The first-order chi connectivity index (χ1) is 9.62. The quantitative estimate of drug-likeness (QED) is 0.911. The van der Waals surface area contributed by atoms with Gasteiger partial charge in [-0.25, -0.2) is 0 Å². The summed E-state index contributed by atoms with van der Waals surface area (Å²) in [5.74, 6) is -5.67. The summed E-state index contributed by atoms with van der Waals surface area (Å²) >= 11 is 1.35. The van der Waals surface area contributed by atoms with Crippen LogP contribution in [0.4, 0.5) is 13.2 Å². The first kappa shape index (κ1) is 15.8. The maximum Gasteiger partial charge on any atom is 0.394 e. The maximum atomic E-state index is 12.9. The summed E-state index contributed by atoms with van der Waals surface area (Å²) in [7, 11) is 0. The van der Waals surface area contributed by atoms with Gasteiger partial charge in [-0.1, -0.05) is 0 Å². The summed E-state index contributed by atoms with van der Waals surface area (Å²) in [5.41, 5.74) is 1.08. The Morgan fingerprint density at radius 3 is 2.33 bits per heavy atom. The van der Waals surface area contributed by atoms with Crippen molar-refractivity contribution in [3.05, 3.63) is 21.4 Å². The third kappa shape index (κ3) is 2.90. The van der Waals surface area contributed by atoms with Crippen molar-refractivity contribution < 1.29 is 27.9 Å². The average molecular weight is 321 g/mol. The normalized spacial score (nSPS) is 22.6. The van der Waals surface area contributed by atoms with E-state index in [1.165, 1.54) is 11.3 Å². The monoisotopic (exact) mass is 321 g/mol. The van der Waals surface area contributed by atoms with Crippen molar-refractivity contribution in [2.45, 2.75) is 20.0 Å². The van der Waals surface area contributed by atoms with Crippen molar-refractivity contribution >= 4 is 23.2 Å². The minimum atomic E-state index is -4.63. The highest BCUT2D eigenvalue weighted by molar-refractivity contribution is 7.10. The van der Waals surface area contributed by atoms with Gasteiger partial charge >= 0.3 is 12.1 Å². The van der Waals surface area contributed by atoms with Gasteiger partial charge in [0.05, 0.1) is 17.4 Å². The fourth-order valence-electron chi connectivity index (χ4n) is 2.45. The Labute approximate surface area is 123 Å². The number of likely N-dealkylation sites (tertiary alicyclic amines) is 1. The smallest absolute Gasteiger partial charge is 0.394 e. The van der Waals surface area contributed by atoms with E-state index in [9.17, 15) is 22.8 Å². The molecular formula is C13H14F3NO3S. The third-order valence-electron chi connectivity index (χ3n) is 3.86. The van der Waals surface area contributed by atoms with Crippen molar-refractivity contribution in [2.24, 2.45) is 11.8 Å². The van der Waals surface area contributed by atoms with Gasteiger partial charge in [-0.3, -0.25) is 9.59 Å². The lowest BCUT2D eigenvalue weighted by Crippen LogP contribution is -2.34. The van der Waals surface area contributed by atoms with Crippen LogP contribution in [0.3, 0.4) is 0 Å². The molecule has 116 valence electrons. The molecular weight excluding hydrogens is 307 g/mol. The Hall–Kier alpha value is -1.57. The fourth-order valence-corrected chi connectivity index (χ4v) is 3.31. The van der Waals surface area contributed by atoms with Crippen molar-refractivity contribution in [3.63, 3.8) is 0 Å². The van der Waals surface area contributed by atoms with Crippen LogP contribution < -0.4 is 0 Å². The van der Waals surface area contributed by atoms with Crippen LogP contribution in [-0.4, -0.2) is 41.1 Å². The summed E-state index contributed by atoms with van der Waals surface area (Å²) in [6, 6.07) is 0. The van der Waals surface area contributed by atoms with Gasteiger partial charge in [0.15, 0.2) is 0 Å². The van der Waals surface area contributed by atoms with Crippen molar-refractivity contribution in [3.8, 4) is 0 Å². The molecule has 21 heavy (non-hydrogen) atoms. The molecule has 0 aromatic carbocycles. The molecule has 0 radical (unpaired) electrons. The standard InChI is InChI=1S/C13H14F3NO3S/c1-6-7(2)21-5-9(6)11(18)17-3-8(12(19)20)10(4-17)13(14,15)16/h5,8,10H,3-4H2,1-2H3,(H,19,20)/t8-,10-/m1/s1. The second-order valence-corrected chi connectivity index (χ2v) is 6.22. The first-order valence-corrected chi connectivity index (χ1v) is 7.14. The average Bonchev–Trinajstić information content (AvgIpc) is 2.94. The highest BCUT2D eigenvalue weighted by atomic mass is 32.1. The Morgan fingerprint density at radius 1 is 1.33 bits per heavy atom. The van der Waals surface area contributed by atoms with Crippen LogP contribution in [0.25, 0.3) is 0 Å². The molecule has 1 aliphatic heterocycles. The fraction of sp³-hybridized carbons (Fsp3) is 0.538. The molecule has 2 heterocycles. The number of hydrogen-bond acceptors (Lipinski definition) is 3. The van der Waals surface area contributed by atoms with E-state index in [-0.39, 0.29) is 0 Å². The predicted octanol–water partition coefficient (Wildman–Crippen LogP) is 2.70. The van der Waals surface area contributed by atoms with E-state index in [0.29, 0.717) is 5.56 Å². The number of alkyl halides is 3. The summed E-state index contributed by atoms with van der Waals surface area (Å²) in [6.07, 6.45) is -4.63. The maximum absolute atomic E-state index is 12.9. The van der Waals surface area contributed by atoms with Crippen LogP contribution in [0, 0.1) is 25.7 Å². The van der Waals surface area contributed by atoms with Crippen LogP contribution in [0.15, 0.2) is 5.38 Å². The molecule has 1 amide bonds. The van der Waals surface area contributed by atoms with Gasteiger partial charge in [-0.2, -0.15) is 13.2 Å². The van der Waals surface area contributed by atoms with Gasteiger partial charge in [0, 0.05) is 23.3 Å². The Morgan fingerprint density at radius 2 is 1.95 bits per heavy atom. The molecule has 1 fully saturated rings. The molecule has 1 aliphatic rings. The number of carboxylic acid groups (broad SMARTS) is 1. The van der Waals surface area contributed by atoms with E-state index in [4.69, 9.17) is 5.11 Å². The number of aryl methyl sites for hydroxylation is 1. The number of rotatable bonds is 2. The van der Waals surface area contributed by atoms with E-state index in [0.717, 1.165) is 15.3 Å². The minimum Gasteiger partial charge on any atom is -0.481 e. The number of nitrogens with zero attached hydrogens (tertiary/aromatic N) is 1. The van der Waals surface area contributed by atoms with Crippen LogP contribution in [0.1, 0.15) is 20.8 Å². The van der Waals surface area contributed by atoms with Gasteiger partial charge in [0.1, 0.15) is 0 Å². The number of aliphatic carboxylic acids is 1. The Balaban J connectivity index is 2.25. The zero-order valence-corrected chi connectivity index (χ0v) is 12.2. The van der Waals surface area contributed by atoms with Crippen molar-refractivity contribution in [1.29, 1.82) is 0 Å². The lowest BCUT2D eigenvalue weighted by molar-refractivity contribution is -0.187. The first-order valence-electron chi connectivity index (χ1n) is 6.26. The number of hydrogen-bond donors (Lipinski definition) is 1. The Kier molecular flexibility index (Phi) is 4.01. The third-order valence-corrected chi connectivity index (χ3v) is 4.87. The van der Waals surface area contributed by atoms with Crippen LogP contribution in [-0.2, 0) is 4.79 Å². The van der Waals surface area contributed by atoms with E-state index in [2.05, 4.69) is 0 Å². The lowest BCUT2D eigenvalue weighted by atomic mass is 9.96. The molecule has 0 bridgehead atoms. The minimum absolute atomic E-state index is 0.351. The molecule has 0 spiro atoms. The van der Waals surface area contributed by atoms with Gasteiger partial charge < -0.3 is 10.0 Å². The Bertz CT molecular complexity index is 582. The molecule has 0 unspecified atom stereocenters.